The van der Waals surface area contributed by atoms with E-state index in [0.29, 0.717) is 24.0 Å². The van der Waals surface area contributed by atoms with Gasteiger partial charge in [0, 0.05) is 6.54 Å². The minimum atomic E-state index is -0.180. The molecule has 0 atom stereocenters. The highest BCUT2D eigenvalue weighted by Crippen LogP contribution is 2.03. The van der Waals surface area contributed by atoms with Crippen LogP contribution in [0.2, 0.25) is 0 Å². The summed E-state index contributed by atoms with van der Waals surface area (Å²) in [5, 5.41) is 2.78. The molecular weight excluding hydrogens is 192 g/mol. The summed E-state index contributed by atoms with van der Waals surface area (Å²) >= 11 is 0. The molecule has 15 heavy (non-hydrogen) atoms. The minimum Gasteiger partial charge on any atom is -0.350 e. The molecule has 0 aliphatic rings. The number of hydrazine groups is 1. The number of pyridine rings is 1. The molecule has 1 heterocycles. The summed E-state index contributed by atoms with van der Waals surface area (Å²) in [5.74, 6) is 5.92. The van der Waals surface area contributed by atoms with Crippen LogP contribution in [0.15, 0.2) is 18.2 Å². The number of amides is 1. The maximum absolute atomic E-state index is 11.6. The summed E-state index contributed by atoms with van der Waals surface area (Å²) in [6.45, 7) is 4.71. The molecule has 0 radical (unpaired) electrons. The fourth-order valence-corrected chi connectivity index (χ4v) is 1.03. The highest BCUT2D eigenvalue weighted by Gasteiger charge is 2.07. The standard InChI is InChI=1S/C10H16N4O/c1-7(2)6-12-10(15)8-4-3-5-9(13-8)14-11/h3-5,7H,6,11H2,1-2H3,(H,12,15)(H,13,14). The summed E-state index contributed by atoms with van der Waals surface area (Å²) < 4.78 is 0. The number of nitrogens with two attached hydrogens (primary N) is 1. The van der Waals surface area contributed by atoms with Crippen LogP contribution >= 0.6 is 0 Å². The molecule has 0 aliphatic carbocycles. The number of anilines is 1. The Morgan fingerprint density at radius 1 is 1.53 bits per heavy atom. The normalized spacial score (nSPS) is 10.1. The van der Waals surface area contributed by atoms with E-state index in [1.54, 1.807) is 18.2 Å². The number of nitrogen functional groups attached to an aromatic ring is 1. The summed E-state index contributed by atoms with van der Waals surface area (Å²) in [7, 11) is 0. The van der Waals surface area contributed by atoms with E-state index in [4.69, 9.17) is 5.84 Å². The zero-order chi connectivity index (χ0) is 11.3. The fourth-order valence-electron chi connectivity index (χ4n) is 1.03. The molecule has 0 aliphatic heterocycles. The van der Waals surface area contributed by atoms with Crippen molar-refractivity contribution in [1.82, 2.24) is 10.3 Å². The highest BCUT2D eigenvalue weighted by atomic mass is 16.1. The quantitative estimate of drug-likeness (QED) is 0.504. The Labute approximate surface area is 89.0 Å². The van der Waals surface area contributed by atoms with Gasteiger partial charge in [0.2, 0.25) is 0 Å². The lowest BCUT2D eigenvalue weighted by molar-refractivity contribution is 0.0944. The zero-order valence-electron chi connectivity index (χ0n) is 8.95. The van der Waals surface area contributed by atoms with E-state index >= 15 is 0 Å². The van der Waals surface area contributed by atoms with Gasteiger partial charge in [-0.3, -0.25) is 4.79 Å². The Morgan fingerprint density at radius 2 is 2.27 bits per heavy atom. The van der Waals surface area contributed by atoms with Gasteiger partial charge >= 0.3 is 0 Å². The van der Waals surface area contributed by atoms with Gasteiger partial charge in [0.15, 0.2) is 0 Å². The smallest absolute Gasteiger partial charge is 0.269 e. The van der Waals surface area contributed by atoms with E-state index in [2.05, 4.69) is 15.7 Å². The number of hydrogen-bond acceptors (Lipinski definition) is 4. The number of carbonyl (C=O) groups is 1. The van der Waals surface area contributed by atoms with Crippen LogP contribution in [0.1, 0.15) is 24.3 Å². The van der Waals surface area contributed by atoms with E-state index in [0.717, 1.165) is 0 Å². The number of aromatic nitrogens is 1. The maximum Gasteiger partial charge on any atom is 0.269 e. The van der Waals surface area contributed by atoms with Crippen molar-refractivity contribution in [2.24, 2.45) is 11.8 Å². The van der Waals surface area contributed by atoms with Crippen LogP contribution in [0, 0.1) is 5.92 Å². The van der Waals surface area contributed by atoms with Gasteiger partial charge in [0.1, 0.15) is 11.5 Å². The van der Waals surface area contributed by atoms with Crippen LogP contribution in [-0.4, -0.2) is 17.4 Å². The second kappa shape index (κ2) is 5.31. The first-order valence-corrected chi connectivity index (χ1v) is 4.85. The third-order valence-corrected chi connectivity index (χ3v) is 1.80. The predicted molar refractivity (Wildman–Crippen MR) is 59.2 cm³/mol. The number of rotatable bonds is 4. The molecule has 1 aromatic heterocycles. The third-order valence-electron chi connectivity index (χ3n) is 1.80. The number of nitrogens with zero attached hydrogens (tertiary/aromatic N) is 1. The monoisotopic (exact) mass is 208 g/mol. The van der Waals surface area contributed by atoms with Crippen molar-refractivity contribution in [2.75, 3.05) is 12.0 Å². The molecule has 5 heteroatoms. The summed E-state index contributed by atoms with van der Waals surface area (Å²) in [6.07, 6.45) is 0. The van der Waals surface area contributed by atoms with Crippen molar-refractivity contribution >= 4 is 11.7 Å². The SMILES string of the molecule is CC(C)CNC(=O)c1cccc(NN)n1. The van der Waals surface area contributed by atoms with Gasteiger partial charge in [-0.15, -0.1) is 0 Å². The average molecular weight is 208 g/mol. The second-order valence-corrected chi connectivity index (χ2v) is 3.66. The Morgan fingerprint density at radius 3 is 2.87 bits per heavy atom. The molecule has 0 aromatic carbocycles. The van der Waals surface area contributed by atoms with E-state index in [1.807, 2.05) is 13.8 Å². The lowest BCUT2D eigenvalue weighted by Crippen LogP contribution is -2.28. The Hall–Kier alpha value is -1.62. The molecule has 1 rings (SSSR count). The van der Waals surface area contributed by atoms with E-state index in [-0.39, 0.29) is 5.91 Å². The Kier molecular flexibility index (Phi) is 4.05. The Bertz CT molecular complexity index is 338. The molecule has 0 spiro atoms. The van der Waals surface area contributed by atoms with E-state index in [9.17, 15) is 4.79 Å². The largest absolute Gasteiger partial charge is 0.350 e. The van der Waals surface area contributed by atoms with Crippen molar-refractivity contribution in [2.45, 2.75) is 13.8 Å². The summed E-state index contributed by atoms with van der Waals surface area (Å²) in [6, 6.07) is 5.07. The van der Waals surface area contributed by atoms with Gasteiger partial charge in [-0.1, -0.05) is 19.9 Å². The first kappa shape index (κ1) is 11.5. The lowest BCUT2D eigenvalue weighted by Gasteiger charge is -2.07. The van der Waals surface area contributed by atoms with Gasteiger partial charge < -0.3 is 10.7 Å². The van der Waals surface area contributed by atoms with Gasteiger partial charge in [-0.2, -0.15) is 0 Å². The van der Waals surface area contributed by atoms with E-state index in [1.165, 1.54) is 0 Å². The lowest BCUT2D eigenvalue weighted by atomic mass is 10.2. The van der Waals surface area contributed by atoms with Gasteiger partial charge in [-0.25, -0.2) is 10.8 Å². The number of carbonyl (C=O) groups excluding carboxylic acids is 1. The molecule has 1 aromatic rings. The second-order valence-electron chi connectivity index (χ2n) is 3.66. The van der Waals surface area contributed by atoms with Crippen LogP contribution in [0.3, 0.4) is 0 Å². The highest BCUT2D eigenvalue weighted by molar-refractivity contribution is 5.92. The first-order chi connectivity index (χ1) is 7.13. The van der Waals surface area contributed by atoms with Gasteiger partial charge in [0.25, 0.3) is 5.91 Å². The molecule has 0 unspecified atom stereocenters. The number of nitrogens with one attached hydrogen (secondary N) is 2. The van der Waals surface area contributed by atoms with Crippen LogP contribution < -0.4 is 16.6 Å². The van der Waals surface area contributed by atoms with Crippen LogP contribution in [0.5, 0.6) is 0 Å². The molecule has 1 amide bonds. The molecular formula is C10H16N4O. The Balaban J connectivity index is 2.65. The summed E-state index contributed by atoms with van der Waals surface area (Å²) in [4.78, 5) is 15.6. The fraction of sp³-hybridized carbons (Fsp3) is 0.400. The van der Waals surface area contributed by atoms with Crippen molar-refractivity contribution < 1.29 is 4.79 Å². The predicted octanol–water partition coefficient (Wildman–Crippen LogP) is 0.753. The molecule has 5 nitrogen and oxygen atoms in total. The van der Waals surface area contributed by atoms with Crippen molar-refractivity contribution in [3.8, 4) is 0 Å². The van der Waals surface area contributed by atoms with Crippen LogP contribution in [-0.2, 0) is 0 Å². The van der Waals surface area contributed by atoms with Crippen LogP contribution in [0.25, 0.3) is 0 Å². The molecule has 0 saturated carbocycles. The average Bonchev–Trinajstić information content (AvgIpc) is 2.26. The summed E-state index contributed by atoms with van der Waals surface area (Å²) in [5.41, 5.74) is 2.76. The van der Waals surface area contributed by atoms with Gasteiger partial charge in [-0.05, 0) is 18.1 Å². The zero-order valence-corrected chi connectivity index (χ0v) is 8.95. The van der Waals surface area contributed by atoms with Crippen LogP contribution in [0.4, 0.5) is 5.82 Å². The van der Waals surface area contributed by atoms with E-state index < -0.39 is 0 Å². The van der Waals surface area contributed by atoms with Crippen molar-refractivity contribution in [1.29, 1.82) is 0 Å². The minimum absolute atomic E-state index is 0.180. The molecule has 82 valence electrons. The molecule has 0 bridgehead atoms. The number of hydrogen-bond donors (Lipinski definition) is 3. The third kappa shape index (κ3) is 3.55. The topological polar surface area (TPSA) is 80.0 Å². The molecule has 0 saturated heterocycles. The molecule has 0 fully saturated rings. The first-order valence-electron chi connectivity index (χ1n) is 4.85. The maximum atomic E-state index is 11.6. The van der Waals surface area contributed by atoms with Crippen molar-refractivity contribution in [3.05, 3.63) is 23.9 Å². The molecule has 4 N–H and O–H groups in total. The van der Waals surface area contributed by atoms with Crippen molar-refractivity contribution in [3.63, 3.8) is 0 Å². The van der Waals surface area contributed by atoms with Gasteiger partial charge in [0.05, 0.1) is 0 Å².